The lowest BCUT2D eigenvalue weighted by molar-refractivity contribution is -0.0330. The highest BCUT2D eigenvalue weighted by Crippen LogP contribution is 2.23. The zero-order valence-electron chi connectivity index (χ0n) is 14.8. The van der Waals surface area contributed by atoms with E-state index in [2.05, 4.69) is 11.9 Å². The molecule has 0 aromatic carbocycles. The summed E-state index contributed by atoms with van der Waals surface area (Å²) in [6, 6.07) is 4.15. The molecule has 2 atom stereocenters. The molecule has 0 radical (unpaired) electrons. The Morgan fingerprint density at radius 2 is 2.17 bits per heavy atom. The highest BCUT2D eigenvalue weighted by molar-refractivity contribution is 5.68. The molecule has 5 nitrogen and oxygen atoms in total. The number of hydrogen-bond donors (Lipinski definition) is 0. The maximum absolute atomic E-state index is 12.2. The van der Waals surface area contributed by atoms with Gasteiger partial charge in [-0.25, -0.2) is 4.79 Å². The Bertz CT molecular complexity index is 539. The van der Waals surface area contributed by atoms with Crippen LogP contribution in [0.1, 0.15) is 51.8 Å². The zero-order chi connectivity index (χ0) is 17.0. The van der Waals surface area contributed by atoms with Crippen molar-refractivity contribution >= 4 is 6.09 Å². The van der Waals surface area contributed by atoms with Gasteiger partial charge in [0.05, 0.1) is 12.7 Å². The highest BCUT2D eigenvalue weighted by Gasteiger charge is 2.32. The number of carbonyl (C=O) groups excluding carboxylic acids is 1. The molecular weight excluding hydrogens is 292 g/mol. The molecule has 0 N–H and O–H groups in total. The average molecular weight is 320 g/mol. The van der Waals surface area contributed by atoms with E-state index in [0.717, 1.165) is 24.1 Å². The summed E-state index contributed by atoms with van der Waals surface area (Å²) in [5.74, 6) is 0. The fraction of sp³-hybridized carbons (Fsp3) is 0.667. The summed E-state index contributed by atoms with van der Waals surface area (Å²) in [6.45, 7) is 11.0. The van der Waals surface area contributed by atoms with E-state index >= 15 is 0 Å². The Hall–Kier alpha value is -1.62. The van der Waals surface area contributed by atoms with Crippen molar-refractivity contribution < 1.29 is 14.3 Å². The molecule has 0 aliphatic carbocycles. The van der Waals surface area contributed by atoms with E-state index in [4.69, 9.17) is 9.47 Å². The van der Waals surface area contributed by atoms with Crippen LogP contribution in [0, 0.1) is 6.92 Å². The van der Waals surface area contributed by atoms with Crippen molar-refractivity contribution in [3.05, 3.63) is 29.6 Å². The van der Waals surface area contributed by atoms with Gasteiger partial charge < -0.3 is 14.4 Å². The van der Waals surface area contributed by atoms with Crippen LogP contribution in [0.5, 0.6) is 0 Å². The van der Waals surface area contributed by atoms with Gasteiger partial charge in [0, 0.05) is 24.5 Å². The minimum absolute atomic E-state index is 0.128. The van der Waals surface area contributed by atoms with Crippen LogP contribution in [-0.2, 0) is 16.1 Å². The highest BCUT2D eigenvalue weighted by atomic mass is 16.6. The van der Waals surface area contributed by atoms with Gasteiger partial charge in [0.1, 0.15) is 5.60 Å². The largest absolute Gasteiger partial charge is 0.444 e. The number of hydrogen-bond acceptors (Lipinski definition) is 4. The van der Waals surface area contributed by atoms with Gasteiger partial charge in [-0.3, -0.25) is 4.98 Å². The van der Waals surface area contributed by atoms with E-state index in [0.29, 0.717) is 13.2 Å². The molecular formula is C18H28N2O3. The number of aromatic nitrogens is 1. The Morgan fingerprint density at radius 3 is 2.78 bits per heavy atom. The predicted octanol–water partition coefficient (Wildman–Crippen LogP) is 3.69. The Labute approximate surface area is 139 Å². The molecule has 1 aromatic rings. The van der Waals surface area contributed by atoms with Gasteiger partial charge in [0.15, 0.2) is 0 Å². The molecule has 1 saturated heterocycles. The topological polar surface area (TPSA) is 51.7 Å². The first-order valence-corrected chi connectivity index (χ1v) is 8.27. The molecule has 128 valence electrons. The summed E-state index contributed by atoms with van der Waals surface area (Å²) in [5, 5.41) is 0. The number of piperidine rings is 1. The second kappa shape index (κ2) is 7.30. The molecule has 2 unspecified atom stereocenters. The van der Waals surface area contributed by atoms with Gasteiger partial charge in [-0.15, -0.1) is 0 Å². The smallest absolute Gasteiger partial charge is 0.410 e. The number of pyridine rings is 1. The van der Waals surface area contributed by atoms with Crippen LogP contribution in [-0.4, -0.2) is 40.3 Å². The van der Waals surface area contributed by atoms with Gasteiger partial charge in [0.25, 0.3) is 0 Å². The van der Waals surface area contributed by atoms with Crippen LogP contribution in [0.4, 0.5) is 4.79 Å². The second-order valence-electron chi connectivity index (χ2n) is 7.29. The van der Waals surface area contributed by atoms with Gasteiger partial charge in [-0.05, 0) is 65.2 Å². The minimum Gasteiger partial charge on any atom is -0.444 e. The summed E-state index contributed by atoms with van der Waals surface area (Å²) in [4.78, 5) is 18.2. The van der Waals surface area contributed by atoms with Crippen molar-refractivity contribution in [2.75, 3.05) is 6.54 Å². The lowest BCUT2D eigenvalue weighted by atomic mass is 10.0. The van der Waals surface area contributed by atoms with Crippen LogP contribution in [0.25, 0.3) is 0 Å². The fourth-order valence-electron chi connectivity index (χ4n) is 2.78. The van der Waals surface area contributed by atoms with E-state index in [1.165, 1.54) is 0 Å². The molecule has 0 bridgehead atoms. The fourth-order valence-corrected chi connectivity index (χ4v) is 2.78. The second-order valence-corrected chi connectivity index (χ2v) is 7.29. The zero-order valence-corrected chi connectivity index (χ0v) is 14.8. The van der Waals surface area contributed by atoms with Crippen LogP contribution in [0.15, 0.2) is 18.3 Å². The normalized spacial score (nSPS) is 22.0. The monoisotopic (exact) mass is 320 g/mol. The SMILES string of the molecule is Cc1cc(COC2CCN(C(=O)OC(C)(C)C)C(C)C2)ccn1. The average Bonchev–Trinajstić information content (AvgIpc) is 2.43. The molecule has 0 saturated carbocycles. The molecule has 1 aliphatic rings. The van der Waals surface area contributed by atoms with E-state index in [-0.39, 0.29) is 18.2 Å². The molecule has 23 heavy (non-hydrogen) atoms. The summed E-state index contributed by atoms with van der Waals surface area (Å²) in [6.07, 6.45) is 3.43. The van der Waals surface area contributed by atoms with Crippen molar-refractivity contribution in [1.82, 2.24) is 9.88 Å². The summed E-state index contributed by atoms with van der Waals surface area (Å²) in [5.41, 5.74) is 1.68. The number of amides is 1. The third-order valence-corrected chi connectivity index (χ3v) is 3.90. The van der Waals surface area contributed by atoms with Crippen molar-refractivity contribution in [3.8, 4) is 0 Å². The first kappa shape index (κ1) is 17.7. The molecule has 2 heterocycles. The van der Waals surface area contributed by atoms with E-state index in [1.54, 1.807) is 0 Å². The third kappa shape index (κ3) is 5.50. The summed E-state index contributed by atoms with van der Waals surface area (Å²) < 4.78 is 11.5. The van der Waals surface area contributed by atoms with Gasteiger partial charge in [0.2, 0.25) is 0 Å². The van der Waals surface area contributed by atoms with Crippen LogP contribution in [0.3, 0.4) is 0 Å². The maximum Gasteiger partial charge on any atom is 0.410 e. The number of rotatable bonds is 3. The summed E-state index contributed by atoms with van der Waals surface area (Å²) >= 11 is 0. The van der Waals surface area contributed by atoms with E-state index in [1.807, 2.05) is 50.9 Å². The quantitative estimate of drug-likeness (QED) is 0.852. The standard InChI is InChI=1S/C18H28N2O3/c1-13-10-15(6-8-19-13)12-22-16-7-9-20(14(2)11-16)17(21)23-18(3,4)5/h6,8,10,14,16H,7,9,11-12H2,1-5H3. The first-order chi connectivity index (χ1) is 10.7. The van der Waals surface area contributed by atoms with Crippen molar-refractivity contribution in [1.29, 1.82) is 0 Å². The lowest BCUT2D eigenvalue weighted by Crippen LogP contribution is -2.48. The van der Waals surface area contributed by atoms with E-state index < -0.39 is 5.60 Å². The van der Waals surface area contributed by atoms with Crippen molar-refractivity contribution in [2.24, 2.45) is 0 Å². The Balaban J connectivity index is 1.83. The number of nitrogens with zero attached hydrogens (tertiary/aromatic N) is 2. The number of likely N-dealkylation sites (tertiary alicyclic amines) is 1. The van der Waals surface area contributed by atoms with Gasteiger partial charge in [-0.2, -0.15) is 0 Å². The van der Waals surface area contributed by atoms with Crippen LogP contribution < -0.4 is 0 Å². The molecule has 1 aromatic heterocycles. The Morgan fingerprint density at radius 1 is 1.43 bits per heavy atom. The third-order valence-electron chi connectivity index (χ3n) is 3.90. The number of aryl methyl sites for hydroxylation is 1. The van der Waals surface area contributed by atoms with Crippen molar-refractivity contribution in [3.63, 3.8) is 0 Å². The van der Waals surface area contributed by atoms with Crippen LogP contribution in [0.2, 0.25) is 0 Å². The molecule has 1 amide bonds. The van der Waals surface area contributed by atoms with Crippen molar-refractivity contribution in [2.45, 2.75) is 71.8 Å². The minimum atomic E-state index is -0.455. The van der Waals surface area contributed by atoms with Crippen LogP contribution >= 0.6 is 0 Å². The number of carbonyl (C=O) groups is 1. The molecule has 2 rings (SSSR count). The molecule has 0 spiro atoms. The predicted molar refractivity (Wildman–Crippen MR) is 89.2 cm³/mol. The van der Waals surface area contributed by atoms with E-state index in [9.17, 15) is 4.79 Å². The molecule has 1 fully saturated rings. The first-order valence-electron chi connectivity index (χ1n) is 8.27. The number of ether oxygens (including phenoxy) is 2. The van der Waals surface area contributed by atoms with Gasteiger partial charge in [-0.1, -0.05) is 0 Å². The molecule has 1 aliphatic heterocycles. The maximum atomic E-state index is 12.2. The summed E-state index contributed by atoms with van der Waals surface area (Å²) in [7, 11) is 0. The Kier molecular flexibility index (Phi) is 5.63. The molecule has 5 heteroatoms. The lowest BCUT2D eigenvalue weighted by Gasteiger charge is -2.38. The van der Waals surface area contributed by atoms with Gasteiger partial charge >= 0.3 is 6.09 Å².